The van der Waals surface area contributed by atoms with Crippen LogP contribution < -0.4 is 0 Å². The number of alkyl halides is 1. The molecule has 1 fully saturated rings. The molecule has 1 saturated carbocycles. The van der Waals surface area contributed by atoms with Crippen molar-refractivity contribution >= 4 is 23.2 Å². The molecule has 0 aromatic heterocycles. The highest BCUT2D eigenvalue weighted by Crippen LogP contribution is 2.43. The van der Waals surface area contributed by atoms with Gasteiger partial charge in [0.1, 0.15) is 5.82 Å². The summed E-state index contributed by atoms with van der Waals surface area (Å²) < 4.78 is 14.0. The van der Waals surface area contributed by atoms with E-state index in [9.17, 15) is 4.39 Å². The molecule has 0 nitrogen and oxygen atoms in total. The van der Waals surface area contributed by atoms with Crippen molar-refractivity contribution < 1.29 is 4.39 Å². The van der Waals surface area contributed by atoms with Crippen LogP contribution in [-0.4, -0.2) is 5.38 Å². The summed E-state index contributed by atoms with van der Waals surface area (Å²) in [6.07, 6.45) is 3.96. The lowest BCUT2D eigenvalue weighted by atomic mass is 9.68. The van der Waals surface area contributed by atoms with Crippen LogP contribution in [0.2, 0.25) is 5.02 Å². The van der Waals surface area contributed by atoms with E-state index in [4.69, 9.17) is 23.2 Å². The van der Waals surface area contributed by atoms with Gasteiger partial charge in [0.25, 0.3) is 0 Å². The van der Waals surface area contributed by atoms with Gasteiger partial charge in [-0.15, -0.1) is 11.6 Å². The van der Waals surface area contributed by atoms with Gasteiger partial charge >= 0.3 is 0 Å². The molecule has 112 valence electrons. The first-order chi connectivity index (χ1) is 9.29. The standard InChI is InChI=1S/C17H23Cl2F/c1-17(2,3)13-7-8-14(18)12(10-13)9-11-5-4-6-15(19)16(11)20/h4-6,12-14H,7-10H2,1-3H3. The van der Waals surface area contributed by atoms with Crippen LogP contribution in [-0.2, 0) is 6.42 Å². The first kappa shape index (κ1) is 16.1. The van der Waals surface area contributed by atoms with E-state index in [0.29, 0.717) is 29.2 Å². The van der Waals surface area contributed by atoms with E-state index < -0.39 is 0 Å². The Morgan fingerprint density at radius 2 is 1.95 bits per heavy atom. The van der Waals surface area contributed by atoms with Gasteiger partial charge in [-0.05, 0) is 54.6 Å². The molecule has 0 radical (unpaired) electrons. The molecule has 0 amide bonds. The zero-order chi connectivity index (χ0) is 14.9. The minimum Gasteiger partial charge on any atom is -0.205 e. The monoisotopic (exact) mass is 316 g/mol. The molecule has 0 heterocycles. The van der Waals surface area contributed by atoms with Crippen LogP contribution in [0.4, 0.5) is 4.39 Å². The fourth-order valence-corrected chi connectivity index (χ4v) is 3.73. The second kappa shape index (κ2) is 6.23. The van der Waals surface area contributed by atoms with Gasteiger partial charge in [0.15, 0.2) is 0 Å². The minimum absolute atomic E-state index is 0.145. The Morgan fingerprint density at radius 1 is 1.25 bits per heavy atom. The summed E-state index contributed by atoms with van der Waals surface area (Å²) >= 11 is 12.3. The van der Waals surface area contributed by atoms with Gasteiger partial charge in [-0.1, -0.05) is 44.5 Å². The fraction of sp³-hybridized carbons (Fsp3) is 0.647. The number of halogens is 3. The van der Waals surface area contributed by atoms with Crippen molar-refractivity contribution in [3.8, 4) is 0 Å². The van der Waals surface area contributed by atoms with Gasteiger partial charge in [0.05, 0.1) is 5.02 Å². The second-order valence-corrected chi connectivity index (χ2v) is 8.04. The molecule has 20 heavy (non-hydrogen) atoms. The van der Waals surface area contributed by atoms with Gasteiger partial charge in [0, 0.05) is 5.38 Å². The first-order valence-corrected chi connectivity index (χ1v) is 8.17. The number of hydrogen-bond donors (Lipinski definition) is 0. The molecule has 2 rings (SSSR count). The molecule has 1 aliphatic rings. The molecule has 3 unspecified atom stereocenters. The van der Waals surface area contributed by atoms with Crippen LogP contribution in [0.5, 0.6) is 0 Å². The highest BCUT2D eigenvalue weighted by molar-refractivity contribution is 6.30. The highest BCUT2D eigenvalue weighted by Gasteiger charge is 2.35. The van der Waals surface area contributed by atoms with Gasteiger partial charge < -0.3 is 0 Å². The SMILES string of the molecule is CC(C)(C)C1CCC(Cl)C(Cc2cccc(Cl)c2F)C1. The first-order valence-electron chi connectivity index (χ1n) is 7.36. The van der Waals surface area contributed by atoms with Crippen molar-refractivity contribution in [2.45, 2.75) is 51.8 Å². The van der Waals surface area contributed by atoms with Crippen molar-refractivity contribution in [2.75, 3.05) is 0 Å². The summed E-state index contributed by atoms with van der Waals surface area (Å²) in [6, 6.07) is 5.23. The molecule has 3 atom stereocenters. The van der Waals surface area contributed by atoms with E-state index in [1.165, 1.54) is 6.42 Å². The molecular formula is C17H23Cl2F. The normalized spacial score (nSPS) is 27.6. The van der Waals surface area contributed by atoms with Gasteiger partial charge in [-0.25, -0.2) is 4.39 Å². The van der Waals surface area contributed by atoms with Crippen LogP contribution in [0, 0.1) is 23.1 Å². The molecule has 0 spiro atoms. The molecule has 1 aliphatic carbocycles. The van der Waals surface area contributed by atoms with Crippen LogP contribution >= 0.6 is 23.2 Å². The average molecular weight is 317 g/mol. The zero-order valence-electron chi connectivity index (χ0n) is 12.4. The lowest BCUT2D eigenvalue weighted by Crippen LogP contribution is -2.33. The molecule has 0 bridgehead atoms. The molecule has 0 saturated heterocycles. The second-order valence-electron chi connectivity index (χ2n) is 7.07. The van der Waals surface area contributed by atoms with E-state index in [-0.39, 0.29) is 16.2 Å². The van der Waals surface area contributed by atoms with Crippen molar-refractivity contribution in [1.29, 1.82) is 0 Å². The highest BCUT2D eigenvalue weighted by atomic mass is 35.5. The maximum absolute atomic E-state index is 14.0. The zero-order valence-corrected chi connectivity index (χ0v) is 13.9. The Hall–Kier alpha value is -0.270. The molecule has 1 aromatic rings. The van der Waals surface area contributed by atoms with E-state index >= 15 is 0 Å². The summed E-state index contributed by atoms with van der Waals surface area (Å²) in [7, 11) is 0. The average Bonchev–Trinajstić information content (AvgIpc) is 2.36. The van der Waals surface area contributed by atoms with Crippen molar-refractivity contribution in [2.24, 2.45) is 17.3 Å². The van der Waals surface area contributed by atoms with E-state index in [1.54, 1.807) is 6.07 Å². The van der Waals surface area contributed by atoms with Crippen molar-refractivity contribution in [1.82, 2.24) is 0 Å². The molecule has 1 aromatic carbocycles. The lowest BCUT2D eigenvalue weighted by Gasteiger charge is -2.40. The third kappa shape index (κ3) is 3.68. The van der Waals surface area contributed by atoms with E-state index in [1.807, 2.05) is 12.1 Å². The Morgan fingerprint density at radius 3 is 2.60 bits per heavy atom. The van der Waals surface area contributed by atoms with Gasteiger partial charge in [-0.2, -0.15) is 0 Å². The summed E-state index contributed by atoms with van der Waals surface area (Å²) in [5.41, 5.74) is 0.991. The van der Waals surface area contributed by atoms with E-state index in [2.05, 4.69) is 20.8 Å². The predicted octanol–water partition coefficient (Wildman–Crippen LogP) is 6.09. The van der Waals surface area contributed by atoms with Crippen molar-refractivity contribution in [3.63, 3.8) is 0 Å². The predicted molar refractivity (Wildman–Crippen MR) is 85.0 cm³/mol. The van der Waals surface area contributed by atoms with Crippen LogP contribution in [0.1, 0.15) is 45.6 Å². The summed E-state index contributed by atoms with van der Waals surface area (Å²) in [5, 5.41) is 0.351. The smallest absolute Gasteiger partial charge is 0.144 e. The quantitative estimate of drug-likeness (QED) is 0.579. The van der Waals surface area contributed by atoms with Crippen LogP contribution in [0.25, 0.3) is 0 Å². The summed E-state index contributed by atoms with van der Waals surface area (Å²) in [5.74, 6) is 0.711. The number of benzene rings is 1. The van der Waals surface area contributed by atoms with Gasteiger partial charge in [0.2, 0.25) is 0 Å². The third-order valence-corrected chi connectivity index (χ3v) is 5.49. The van der Waals surface area contributed by atoms with Crippen molar-refractivity contribution in [3.05, 3.63) is 34.6 Å². The van der Waals surface area contributed by atoms with Crippen LogP contribution in [0.3, 0.4) is 0 Å². The van der Waals surface area contributed by atoms with E-state index in [0.717, 1.165) is 12.8 Å². The molecule has 0 aliphatic heterocycles. The van der Waals surface area contributed by atoms with Gasteiger partial charge in [-0.3, -0.25) is 0 Å². The molecule has 3 heteroatoms. The lowest BCUT2D eigenvalue weighted by molar-refractivity contribution is 0.143. The summed E-state index contributed by atoms with van der Waals surface area (Å²) in [6.45, 7) is 6.84. The largest absolute Gasteiger partial charge is 0.205 e. The van der Waals surface area contributed by atoms with Crippen LogP contribution in [0.15, 0.2) is 18.2 Å². The Labute approximate surface area is 131 Å². The maximum atomic E-state index is 14.0. The Bertz CT molecular complexity index is 465. The Balaban J connectivity index is 2.12. The number of hydrogen-bond acceptors (Lipinski definition) is 0. The topological polar surface area (TPSA) is 0 Å². The third-order valence-electron chi connectivity index (χ3n) is 4.63. The number of rotatable bonds is 2. The molecular weight excluding hydrogens is 294 g/mol. The fourth-order valence-electron chi connectivity index (χ4n) is 3.21. The molecule has 0 N–H and O–H groups in total. The maximum Gasteiger partial charge on any atom is 0.144 e. The Kier molecular flexibility index (Phi) is 5.02. The summed E-state index contributed by atoms with van der Waals surface area (Å²) in [4.78, 5) is 0. The minimum atomic E-state index is -0.282.